The average molecular weight is 613 g/mol. The number of rotatable bonds is 12. The van der Waals surface area contributed by atoms with E-state index in [4.69, 9.17) is 8.85 Å². The van der Waals surface area contributed by atoms with Gasteiger partial charge >= 0.3 is 0 Å². The Morgan fingerprint density at radius 2 is 0.902 bits per heavy atom. The molecule has 4 rings (SSSR count). The summed E-state index contributed by atoms with van der Waals surface area (Å²) in [6.45, 7) is 29.9. The summed E-state index contributed by atoms with van der Waals surface area (Å²) < 4.78 is 15.0. The minimum atomic E-state index is -2.02. The first-order chi connectivity index (χ1) is 19.0. The van der Waals surface area contributed by atoms with Gasteiger partial charge in [0.1, 0.15) is 19.6 Å². The highest BCUT2D eigenvalue weighted by molar-refractivity contribution is 6.91. The van der Waals surface area contributed by atoms with Crippen molar-refractivity contribution in [3.05, 3.63) is 44.2 Å². The van der Waals surface area contributed by atoms with E-state index in [1.54, 1.807) is 32.7 Å². The Balaban J connectivity index is 1.82. The van der Waals surface area contributed by atoms with Gasteiger partial charge in [-0.3, -0.25) is 0 Å². The monoisotopic (exact) mass is 612 g/mol. The van der Waals surface area contributed by atoms with Gasteiger partial charge in [0.2, 0.25) is 0 Å². The molecule has 0 saturated heterocycles. The molecule has 0 fully saturated rings. The second-order valence-electron chi connectivity index (χ2n) is 16.7. The zero-order chi connectivity index (χ0) is 30.4. The van der Waals surface area contributed by atoms with Crippen molar-refractivity contribution in [1.82, 2.24) is 0 Å². The predicted octanol–water partition coefficient (Wildman–Crippen LogP) is 12.4. The van der Waals surface area contributed by atoms with Crippen molar-refractivity contribution < 1.29 is 8.85 Å². The zero-order valence-corrected chi connectivity index (χ0v) is 32.2. The van der Waals surface area contributed by atoms with Gasteiger partial charge in [0.05, 0.1) is 0 Å². The van der Waals surface area contributed by atoms with Crippen molar-refractivity contribution >= 4 is 24.7 Å². The standard InChI is InChI=1S/C36H64O2Si3/c1-13-23-35(3,4)40(9,10)37-33-29-21-17-15-19-27(29)25-31(33)39(7,8)32-26-28-20-16-18-22-30(28)34(32)38-41(11,12)36(5,6)24-14-2/h13-26H2,1-12H3. The fraction of sp³-hybridized carbons (Fsp3) is 0.778. The Labute approximate surface area is 257 Å². The molecule has 0 aromatic carbocycles. The molecule has 0 spiro atoms. The smallest absolute Gasteiger partial charge is 0.250 e. The number of allylic oxidation sites excluding steroid dienone is 6. The molecular weight excluding hydrogens is 549 g/mol. The van der Waals surface area contributed by atoms with Gasteiger partial charge in [0.15, 0.2) is 0 Å². The van der Waals surface area contributed by atoms with Gasteiger partial charge in [-0.2, -0.15) is 0 Å². The van der Waals surface area contributed by atoms with E-state index in [9.17, 15) is 0 Å². The Morgan fingerprint density at radius 1 is 0.561 bits per heavy atom. The Kier molecular flexibility index (Phi) is 9.65. The lowest BCUT2D eigenvalue weighted by molar-refractivity contribution is 0.369. The molecule has 0 heterocycles. The van der Waals surface area contributed by atoms with Crippen LogP contribution in [0.15, 0.2) is 44.2 Å². The third kappa shape index (κ3) is 6.25. The third-order valence-electron chi connectivity index (χ3n) is 12.3. The van der Waals surface area contributed by atoms with Gasteiger partial charge in [0, 0.05) is 0 Å². The maximum Gasteiger partial charge on any atom is 0.250 e. The summed E-state index contributed by atoms with van der Waals surface area (Å²) in [4.78, 5) is 0. The van der Waals surface area contributed by atoms with Crippen LogP contribution in [-0.4, -0.2) is 24.7 Å². The molecule has 0 bridgehead atoms. The van der Waals surface area contributed by atoms with E-state index in [2.05, 4.69) is 80.8 Å². The van der Waals surface area contributed by atoms with E-state index < -0.39 is 24.7 Å². The van der Waals surface area contributed by atoms with E-state index >= 15 is 0 Å². The van der Waals surface area contributed by atoms with E-state index in [-0.39, 0.29) is 10.1 Å². The second kappa shape index (κ2) is 12.0. The Bertz CT molecular complexity index is 1060. The minimum Gasteiger partial charge on any atom is -0.544 e. The fourth-order valence-electron chi connectivity index (χ4n) is 7.90. The Hall–Kier alpha value is -0.789. The van der Waals surface area contributed by atoms with Crippen LogP contribution < -0.4 is 0 Å². The molecule has 0 amide bonds. The molecule has 2 nitrogen and oxygen atoms in total. The summed E-state index contributed by atoms with van der Waals surface area (Å²) in [5.41, 5.74) is 6.68. The zero-order valence-electron chi connectivity index (χ0n) is 29.2. The predicted molar refractivity (Wildman–Crippen MR) is 187 cm³/mol. The Morgan fingerprint density at radius 3 is 1.24 bits per heavy atom. The lowest BCUT2D eigenvalue weighted by atomic mass is 9.93. The SMILES string of the molecule is CCCC(C)(C)[Si](C)(C)OC1=C([Si](C)(C)C2=C(O[Si](C)(C)C(C)(C)CCC)C3=C(CCCC3)C2)CC2=C1CCCC2. The minimum absolute atomic E-state index is 0.256. The summed E-state index contributed by atoms with van der Waals surface area (Å²) in [5.74, 6) is 2.77. The van der Waals surface area contributed by atoms with Crippen molar-refractivity contribution in [2.24, 2.45) is 0 Å². The molecule has 0 aliphatic heterocycles. The first-order valence-corrected chi connectivity index (χ1v) is 26.1. The molecule has 0 unspecified atom stereocenters. The summed E-state index contributed by atoms with van der Waals surface area (Å²) in [5, 5.41) is 3.93. The molecule has 232 valence electrons. The van der Waals surface area contributed by atoms with Gasteiger partial charge in [-0.1, -0.05) is 78.6 Å². The molecular formula is C36H64O2Si3. The number of hydrogen-bond donors (Lipinski definition) is 0. The normalized spacial score (nSPS) is 21.2. The molecule has 5 heteroatoms. The van der Waals surface area contributed by atoms with Crippen LogP contribution in [-0.2, 0) is 8.85 Å². The number of hydrogen-bond acceptors (Lipinski definition) is 2. The van der Waals surface area contributed by atoms with Crippen LogP contribution >= 0.6 is 0 Å². The third-order valence-corrected chi connectivity index (χ3v) is 24.5. The maximum atomic E-state index is 7.51. The summed E-state index contributed by atoms with van der Waals surface area (Å²) in [7, 11) is -6.01. The van der Waals surface area contributed by atoms with Crippen LogP contribution in [0, 0.1) is 0 Å². The lowest BCUT2D eigenvalue weighted by Gasteiger charge is -2.42. The molecule has 0 radical (unpaired) electrons. The van der Waals surface area contributed by atoms with E-state index in [0.717, 1.165) is 0 Å². The molecule has 4 aliphatic rings. The van der Waals surface area contributed by atoms with Gasteiger partial charge < -0.3 is 8.85 Å². The highest BCUT2D eigenvalue weighted by atomic mass is 28.4. The molecule has 0 aromatic rings. The lowest BCUT2D eigenvalue weighted by Crippen LogP contribution is -2.44. The fourth-order valence-corrected chi connectivity index (χ4v) is 15.1. The topological polar surface area (TPSA) is 18.5 Å². The highest BCUT2D eigenvalue weighted by Gasteiger charge is 2.50. The van der Waals surface area contributed by atoms with Gasteiger partial charge in [-0.15, -0.1) is 0 Å². The van der Waals surface area contributed by atoms with E-state index in [1.165, 1.54) is 101 Å². The molecule has 0 saturated carbocycles. The average Bonchev–Trinajstić information content (AvgIpc) is 3.43. The van der Waals surface area contributed by atoms with Crippen molar-refractivity contribution in [2.75, 3.05) is 0 Å². The largest absolute Gasteiger partial charge is 0.544 e. The van der Waals surface area contributed by atoms with Crippen LogP contribution in [0.3, 0.4) is 0 Å². The van der Waals surface area contributed by atoms with Crippen molar-refractivity contribution in [3.8, 4) is 0 Å². The van der Waals surface area contributed by atoms with E-state index in [0.29, 0.717) is 0 Å². The maximum absolute atomic E-state index is 7.51. The van der Waals surface area contributed by atoms with Crippen LogP contribution in [0.4, 0.5) is 0 Å². The van der Waals surface area contributed by atoms with Crippen molar-refractivity contribution in [2.45, 2.75) is 181 Å². The van der Waals surface area contributed by atoms with Gasteiger partial charge in [-0.25, -0.2) is 0 Å². The van der Waals surface area contributed by atoms with Gasteiger partial charge in [-0.05, 0) is 135 Å². The summed E-state index contributed by atoms with van der Waals surface area (Å²) >= 11 is 0. The molecule has 41 heavy (non-hydrogen) atoms. The van der Waals surface area contributed by atoms with Gasteiger partial charge in [0.25, 0.3) is 16.6 Å². The molecule has 0 atom stereocenters. The van der Waals surface area contributed by atoms with Crippen LogP contribution in [0.25, 0.3) is 0 Å². The second-order valence-corrected chi connectivity index (χ2v) is 30.3. The first-order valence-electron chi connectivity index (χ1n) is 17.3. The van der Waals surface area contributed by atoms with Crippen LogP contribution in [0.2, 0.25) is 49.4 Å². The summed E-state index contributed by atoms with van der Waals surface area (Å²) in [6.07, 6.45) is 17.6. The molecule has 4 aliphatic carbocycles. The van der Waals surface area contributed by atoms with Crippen molar-refractivity contribution in [1.29, 1.82) is 0 Å². The van der Waals surface area contributed by atoms with Crippen LogP contribution in [0.1, 0.15) is 131 Å². The van der Waals surface area contributed by atoms with Crippen LogP contribution in [0.5, 0.6) is 0 Å². The molecule has 0 aromatic heterocycles. The van der Waals surface area contributed by atoms with E-state index in [1.807, 2.05) is 0 Å². The van der Waals surface area contributed by atoms with Crippen molar-refractivity contribution in [3.63, 3.8) is 0 Å². The summed E-state index contributed by atoms with van der Waals surface area (Å²) in [6, 6.07) is 0. The molecule has 0 N–H and O–H groups in total. The highest BCUT2D eigenvalue weighted by Crippen LogP contribution is 2.54. The first kappa shape index (κ1) is 33.1. The quantitative estimate of drug-likeness (QED) is 0.204.